The van der Waals surface area contributed by atoms with Crippen molar-refractivity contribution in [3.05, 3.63) is 311 Å². The van der Waals surface area contributed by atoms with Gasteiger partial charge in [-0.15, -0.1) is 0 Å². The normalized spacial score (nSPS) is 15.5. The molecule has 0 amide bonds. The van der Waals surface area contributed by atoms with Crippen LogP contribution in [0.1, 0.15) is 44.5 Å². The highest BCUT2D eigenvalue weighted by Crippen LogP contribution is 2.66. The maximum atomic E-state index is 2.57. The second-order valence-electron chi connectivity index (χ2n) is 20.6. The zero-order valence-electron chi connectivity index (χ0n) is 40.3. The molecule has 0 saturated carbocycles. The molecule has 2 heteroatoms. The van der Waals surface area contributed by atoms with Gasteiger partial charge in [0.2, 0.25) is 0 Å². The first kappa shape index (κ1) is 40.1. The Kier molecular flexibility index (Phi) is 7.90. The van der Waals surface area contributed by atoms with E-state index in [-0.39, 0.29) is 0 Å². The van der Waals surface area contributed by atoms with Crippen LogP contribution in [0.5, 0.6) is 0 Å². The second-order valence-corrected chi connectivity index (χ2v) is 20.6. The van der Waals surface area contributed by atoms with Gasteiger partial charge in [-0.05, 0) is 137 Å². The minimum atomic E-state index is -0.590. The highest BCUT2D eigenvalue weighted by Gasteiger charge is 2.53. The standard InChI is InChI=1S/C72H44N2/c1-2-20-49-45(18-1)19-15-26-50(49)46-38-40-47(41-39-46)73(48-42-43-54-53-23-5-10-30-60(53)71(65(54)44-48)58-28-8-3-21-51(58)52-22-4-9-29-59(52)71)68-37-17-33-63-69(68)57-25-6-11-31-61(57)72(63)62-32-12-14-36-67(62)74-66-35-13-7-24-55(66)56-27-16-34-64(72)70(56)74/h1-44H. The Morgan fingerprint density at radius 2 is 0.784 bits per heavy atom. The average molecular weight is 937 g/mol. The molecule has 17 rings (SSSR count). The van der Waals surface area contributed by atoms with Crippen LogP contribution < -0.4 is 4.90 Å². The largest absolute Gasteiger partial charge is 0.310 e. The Labute approximate surface area is 429 Å². The van der Waals surface area contributed by atoms with Crippen LogP contribution in [0.15, 0.2) is 267 Å². The molecule has 0 saturated heterocycles. The van der Waals surface area contributed by atoms with Crippen molar-refractivity contribution in [2.45, 2.75) is 10.8 Å². The van der Waals surface area contributed by atoms with Crippen molar-refractivity contribution in [1.82, 2.24) is 4.57 Å². The molecule has 0 bridgehead atoms. The van der Waals surface area contributed by atoms with Crippen molar-refractivity contribution in [2.24, 2.45) is 0 Å². The van der Waals surface area contributed by atoms with E-state index in [9.17, 15) is 0 Å². The quantitative estimate of drug-likeness (QED) is 0.171. The van der Waals surface area contributed by atoms with Gasteiger partial charge in [0.1, 0.15) is 0 Å². The molecular formula is C72H44N2. The van der Waals surface area contributed by atoms with E-state index in [1.807, 2.05) is 0 Å². The molecule has 2 spiro atoms. The van der Waals surface area contributed by atoms with Crippen LogP contribution >= 0.6 is 0 Å². The van der Waals surface area contributed by atoms with Gasteiger partial charge in [-0.2, -0.15) is 0 Å². The predicted octanol–water partition coefficient (Wildman–Crippen LogP) is 18.1. The van der Waals surface area contributed by atoms with Crippen molar-refractivity contribution >= 4 is 49.6 Å². The lowest BCUT2D eigenvalue weighted by molar-refractivity contribution is 0.748. The average Bonchev–Trinajstić information content (AvgIpc) is 4.35. The maximum Gasteiger partial charge on any atom is 0.0755 e. The summed E-state index contributed by atoms with van der Waals surface area (Å²) in [4.78, 5) is 2.57. The fourth-order valence-electron chi connectivity index (χ4n) is 14.7. The van der Waals surface area contributed by atoms with Crippen LogP contribution in [0.2, 0.25) is 0 Å². The van der Waals surface area contributed by atoms with Gasteiger partial charge in [0.15, 0.2) is 0 Å². The van der Waals surface area contributed by atoms with Gasteiger partial charge in [-0.1, -0.05) is 224 Å². The molecule has 1 aromatic heterocycles. The number of fused-ring (bicyclic) bond motifs is 23. The molecule has 13 aromatic rings. The van der Waals surface area contributed by atoms with Gasteiger partial charge in [0.25, 0.3) is 0 Å². The van der Waals surface area contributed by atoms with Gasteiger partial charge in [-0.3, -0.25) is 0 Å². The minimum absolute atomic E-state index is 0.489. The van der Waals surface area contributed by atoms with E-state index in [0.29, 0.717) is 0 Å². The number of aromatic nitrogens is 1. The SMILES string of the molecule is c1ccc2c(c1)-c1ccccc1C21c2ccccc2-c2ccc(N(c3ccc(-c4cccc5ccccc45)cc3)c3cccc4c3-c3ccccc3C43c4ccccc4-n4c5ccccc5c5cccc3c54)cc21. The summed E-state index contributed by atoms with van der Waals surface area (Å²) in [6.07, 6.45) is 0. The van der Waals surface area contributed by atoms with Gasteiger partial charge in [0.05, 0.1) is 33.2 Å². The van der Waals surface area contributed by atoms with E-state index in [1.165, 1.54) is 127 Å². The number of hydrogen-bond donors (Lipinski definition) is 0. The molecule has 1 atom stereocenters. The molecule has 0 fully saturated rings. The van der Waals surface area contributed by atoms with E-state index in [0.717, 1.165) is 17.1 Å². The Balaban J connectivity index is 0.958. The second kappa shape index (κ2) is 14.6. The van der Waals surface area contributed by atoms with Crippen LogP contribution in [0.3, 0.4) is 0 Å². The molecule has 1 aliphatic heterocycles. The van der Waals surface area contributed by atoms with Crippen LogP contribution in [-0.2, 0) is 10.8 Å². The number of rotatable bonds is 4. The van der Waals surface area contributed by atoms with Crippen molar-refractivity contribution in [2.75, 3.05) is 4.90 Å². The number of benzene rings is 12. The summed E-state index contributed by atoms with van der Waals surface area (Å²) in [5.74, 6) is 0. The molecule has 0 radical (unpaired) electrons. The lowest BCUT2D eigenvalue weighted by Crippen LogP contribution is -2.33. The van der Waals surface area contributed by atoms with Crippen LogP contribution in [0, 0.1) is 0 Å². The molecule has 1 unspecified atom stereocenters. The van der Waals surface area contributed by atoms with Gasteiger partial charge < -0.3 is 9.47 Å². The van der Waals surface area contributed by atoms with Crippen LogP contribution in [-0.4, -0.2) is 4.57 Å². The number of anilines is 3. The zero-order chi connectivity index (χ0) is 48.3. The summed E-state index contributed by atoms with van der Waals surface area (Å²) in [6.45, 7) is 0. The van der Waals surface area contributed by atoms with Crippen molar-refractivity contribution in [1.29, 1.82) is 0 Å². The molecule has 2 nitrogen and oxygen atoms in total. The Morgan fingerprint density at radius 1 is 0.297 bits per heavy atom. The summed E-state index contributed by atoms with van der Waals surface area (Å²) in [7, 11) is 0. The molecule has 0 N–H and O–H groups in total. The van der Waals surface area contributed by atoms with E-state index in [2.05, 4.69) is 276 Å². The lowest BCUT2D eigenvalue weighted by atomic mass is 9.65. The van der Waals surface area contributed by atoms with Crippen molar-refractivity contribution in [3.63, 3.8) is 0 Å². The molecule has 12 aromatic carbocycles. The Bertz CT molecular complexity index is 4500. The van der Waals surface area contributed by atoms with Crippen molar-refractivity contribution in [3.8, 4) is 50.2 Å². The molecular weight excluding hydrogens is 893 g/mol. The summed E-state index contributed by atoms with van der Waals surface area (Å²) >= 11 is 0. The molecule has 3 aliphatic carbocycles. The van der Waals surface area contributed by atoms with Gasteiger partial charge in [0, 0.05) is 27.7 Å². The van der Waals surface area contributed by atoms with Crippen LogP contribution in [0.25, 0.3) is 82.8 Å². The molecule has 74 heavy (non-hydrogen) atoms. The minimum Gasteiger partial charge on any atom is -0.310 e. The number of nitrogens with zero attached hydrogens (tertiary/aromatic N) is 2. The third-order valence-electron chi connectivity index (χ3n) is 17.4. The van der Waals surface area contributed by atoms with E-state index in [4.69, 9.17) is 0 Å². The molecule has 2 heterocycles. The molecule has 4 aliphatic rings. The smallest absolute Gasteiger partial charge is 0.0755 e. The maximum absolute atomic E-state index is 2.57. The third-order valence-corrected chi connectivity index (χ3v) is 17.4. The Hall–Kier alpha value is -9.50. The van der Waals surface area contributed by atoms with E-state index >= 15 is 0 Å². The summed E-state index contributed by atoms with van der Waals surface area (Å²) in [5.41, 5.74) is 26.7. The predicted molar refractivity (Wildman–Crippen MR) is 306 cm³/mol. The summed E-state index contributed by atoms with van der Waals surface area (Å²) < 4.78 is 2.53. The first-order valence-electron chi connectivity index (χ1n) is 25.9. The topological polar surface area (TPSA) is 8.17 Å². The van der Waals surface area contributed by atoms with Crippen LogP contribution in [0.4, 0.5) is 17.1 Å². The number of hydrogen-bond acceptors (Lipinski definition) is 1. The number of para-hydroxylation sites is 3. The van der Waals surface area contributed by atoms with E-state index < -0.39 is 10.8 Å². The fourth-order valence-corrected chi connectivity index (χ4v) is 14.7. The lowest BCUT2D eigenvalue weighted by Gasteiger charge is -2.39. The highest BCUT2D eigenvalue weighted by atomic mass is 15.1. The monoisotopic (exact) mass is 936 g/mol. The Morgan fingerprint density at radius 3 is 1.53 bits per heavy atom. The molecule has 342 valence electrons. The van der Waals surface area contributed by atoms with E-state index in [1.54, 1.807) is 0 Å². The summed E-state index contributed by atoms with van der Waals surface area (Å²) in [5, 5.41) is 5.06. The van der Waals surface area contributed by atoms with Gasteiger partial charge >= 0.3 is 0 Å². The highest BCUT2D eigenvalue weighted by molar-refractivity contribution is 6.13. The zero-order valence-corrected chi connectivity index (χ0v) is 40.3. The summed E-state index contributed by atoms with van der Waals surface area (Å²) in [6, 6.07) is 101. The fraction of sp³-hybridized carbons (Fsp3) is 0.0278. The van der Waals surface area contributed by atoms with Gasteiger partial charge in [-0.25, -0.2) is 0 Å². The van der Waals surface area contributed by atoms with Crippen molar-refractivity contribution < 1.29 is 0 Å². The first-order valence-corrected chi connectivity index (χ1v) is 25.9. The first-order chi connectivity index (χ1) is 36.7. The third kappa shape index (κ3) is 4.86.